The lowest BCUT2D eigenvalue weighted by atomic mass is 9.89. The van der Waals surface area contributed by atoms with Crippen LogP contribution in [0.3, 0.4) is 0 Å². The number of rotatable bonds is 5. The zero-order chi connectivity index (χ0) is 14.5. The number of hydrogen-bond acceptors (Lipinski definition) is 2. The molecule has 0 spiro atoms. The Bertz CT molecular complexity index is 492. The quantitative estimate of drug-likeness (QED) is 0.844. The van der Waals surface area contributed by atoms with Crippen molar-refractivity contribution in [2.45, 2.75) is 51.4 Å². The maximum absolute atomic E-state index is 12.0. The Labute approximate surface area is 127 Å². The van der Waals surface area contributed by atoms with E-state index in [1.807, 2.05) is 6.07 Å². The van der Waals surface area contributed by atoms with E-state index in [0.717, 1.165) is 18.6 Å². The van der Waals surface area contributed by atoms with E-state index in [4.69, 9.17) is 4.74 Å². The maximum Gasteiger partial charge on any atom is 0.223 e. The van der Waals surface area contributed by atoms with Gasteiger partial charge in [0.15, 0.2) is 0 Å². The third-order valence-electron chi connectivity index (χ3n) is 4.72. The third kappa shape index (κ3) is 3.78. The van der Waals surface area contributed by atoms with Gasteiger partial charge in [-0.1, -0.05) is 25.3 Å². The van der Waals surface area contributed by atoms with Crippen molar-refractivity contribution in [3.63, 3.8) is 0 Å². The van der Waals surface area contributed by atoms with Crippen LogP contribution in [0.25, 0.3) is 0 Å². The predicted octanol–water partition coefficient (Wildman–Crippen LogP) is 3.25. The summed E-state index contributed by atoms with van der Waals surface area (Å²) in [6.07, 6.45) is 9.42. The summed E-state index contributed by atoms with van der Waals surface area (Å²) in [5.41, 5.74) is 2.90. The van der Waals surface area contributed by atoms with Crippen LogP contribution in [0.5, 0.6) is 5.75 Å². The summed E-state index contributed by atoms with van der Waals surface area (Å²) in [7, 11) is 0. The molecule has 0 radical (unpaired) electrons. The van der Waals surface area contributed by atoms with Gasteiger partial charge in [0.25, 0.3) is 0 Å². The van der Waals surface area contributed by atoms with Crippen molar-refractivity contribution in [2.24, 2.45) is 5.92 Å². The van der Waals surface area contributed by atoms with Crippen LogP contribution in [0, 0.1) is 5.92 Å². The van der Waals surface area contributed by atoms with Gasteiger partial charge in [0.05, 0.1) is 6.54 Å². The number of hydrogen-bond donors (Lipinski definition) is 1. The van der Waals surface area contributed by atoms with E-state index in [1.54, 1.807) is 0 Å². The number of benzene rings is 1. The normalized spacial score (nSPS) is 18.3. The van der Waals surface area contributed by atoms with Crippen LogP contribution in [0.2, 0.25) is 0 Å². The Morgan fingerprint density at radius 2 is 1.90 bits per heavy atom. The SMILES string of the molecule is O=C(NCCOc1ccc2c(c1)CCC2)C1CCCCC1. The second-order valence-electron chi connectivity index (χ2n) is 6.26. The van der Waals surface area contributed by atoms with E-state index in [0.29, 0.717) is 13.2 Å². The topological polar surface area (TPSA) is 38.3 Å². The Morgan fingerprint density at radius 3 is 2.76 bits per heavy atom. The van der Waals surface area contributed by atoms with E-state index in [9.17, 15) is 4.79 Å². The molecule has 0 unspecified atom stereocenters. The molecule has 0 heterocycles. The lowest BCUT2D eigenvalue weighted by Gasteiger charge is -2.20. The van der Waals surface area contributed by atoms with Gasteiger partial charge >= 0.3 is 0 Å². The molecule has 0 aliphatic heterocycles. The van der Waals surface area contributed by atoms with Gasteiger partial charge in [-0.05, 0) is 55.4 Å². The van der Waals surface area contributed by atoms with E-state index in [2.05, 4.69) is 17.4 Å². The van der Waals surface area contributed by atoms with Crippen LogP contribution in [-0.2, 0) is 17.6 Å². The molecule has 3 heteroatoms. The van der Waals surface area contributed by atoms with Crippen molar-refractivity contribution in [3.05, 3.63) is 29.3 Å². The molecule has 0 aromatic heterocycles. The Kier molecular flexibility index (Phi) is 4.79. The van der Waals surface area contributed by atoms with Gasteiger partial charge < -0.3 is 10.1 Å². The Morgan fingerprint density at radius 1 is 1.10 bits per heavy atom. The monoisotopic (exact) mass is 287 g/mol. The van der Waals surface area contributed by atoms with Crippen LogP contribution >= 0.6 is 0 Å². The minimum Gasteiger partial charge on any atom is -0.492 e. The molecule has 0 atom stereocenters. The zero-order valence-electron chi connectivity index (χ0n) is 12.7. The lowest BCUT2D eigenvalue weighted by molar-refractivity contribution is -0.126. The Hall–Kier alpha value is -1.51. The molecule has 21 heavy (non-hydrogen) atoms. The zero-order valence-corrected chi connectivity index (χ0v) is 12.7. The number of amides is 1. The lowest BCUT2D eigenvalue weighted by Crippen LogP contribution is -2.34. The first-order valence-electron chi connectivity index (χ1n) is 8.35. The second kappa shape index (κ2) is 6.97. The molecule has 1 amide bonds. The fourth-order valence-corrected chi connectivity index (χ4v) is 3.49. The average molecular weight is 287 g/mol. The van der Waals surface area contributed by atoms with Gasteiger partial charge in [0, 0.05) is 5.92 Å². The first kappa shape index (κ1) is 14.4. The highest BCUT2D eigenvalue weighted by Gasteiger charge is 2.20. The number of ether oxygens (including phenoxy) is 1. The Balaban J connectivity index is 1.39. The van der Waals surface area contributed by atoms with Gasteiger partial charge in [-0.25, -0.2) is 0 Å². The first-order valence-corrected chi connectivity index (χ1v) is 8.35. The van der Waals surface area contributed by atoms with Gasteiger partial charge in [-0.3, -0.25) is 4.79 Å². The molecule has 0 bridgehead atoms. The minimum atomic E-state index is 0.215. The summed E-state index contributed by atoms with van der Waals surface area (Å²) in [5, 5.41) is 3.01. The second-order valence-corrected chi connectivity index (χ2v) is 6.26. The molecule has 3 nitrogen and oxygen atoms in total. The van der Waals surface area contributed by atoms with Crippen molar-refractivity contribution < 1.29 is 9.53 Å². The van der Waals surface area contributed by atoms with Gasteiger partial charge in [-0.2, -0.15) is 0 Å². The summed E-state index contributed by atoms with van der Waals surface area (Å²) < 4.78 is 5.75. The van der Waals surface area contributed by atoms with Crippen LogP contribution in [0.1, 0.15) is 49.7 Å². The summed E-state index contributed by atoms with van der Waals surface area (Å²) in [4.78, 5) is 12.0. The number of nitrogens with one attached hydrogen (secondary N) is 1. The smallest absolute Gasteiger partial charge is 0.223 e. The van der Waals surface area contributed by atoms with Crippen molar-refractivity contribution in [1.82, 2.24) is 5.32 Å². The van der Waals surface area contributed by atoms with E-state index >= 15 is 0 Å². The largest absolute Gasteiger partial charge is 0.492 e. The number of carbonyl (C=O) groups is 1. The highest BCUT2D eigenvalue weighted by atomic mass is 16.5. The van der Waals surface area contributed by atoms with Crippen molar-refractivity contribution in [2.75, 3.05) is 13.2 Å². The van der Waals surface area contributed by atoms with Gasteiger partial charge in [-0.15, -0.1) is 0 Å². The standard InChI is InChI=1S/C18H25NO2/c20-18(15-5-2-1-3-6-15)19-11-12-21-17-10-9-14-7-4-8-16(14)13-17/h9-10,13,15H,1-8,11-12H2,(H,19,20). The van der Waals surface area contributed by atoms with Crippen molar-refractivity contribution in [1.29, 1.82) is 0 Å². The fourth-order valence-electron chi connectivity index (χ4n) is 3.49. The molecule has 1 fully saturated rings. The van der Waals surface area contributed by atoms with E-state index in [-0.39, 0.29) is 11.8 Å². The molecule has 1 aromatic rings. The van der Waals surface area contributed by atoms with Crippen LogP contribution < -0.4 is 10.1 Å². The molecular formula is C18H25NO2. The highest BCUT2D eigenvalue weighted by Crippen LogP contribution is 2.26. The molecule has 114 valence electrons. The van der Waals surface area contributed by atoms with Crippen LogP contribution in [0.15, 0.2) is 18.2 Å². The highest BCUT2D eigenvalue weighted by molar-refractivity contribution is 5.78. The number of aryl methyl sites for hydroxylation is 2. The molecular weight excluding hydrogens is 262 g/mol. The molecule has 3 rings (SSSR count). The molecule has 0 saturated heterocycles. The summed E-state index contributed by atoms with van der Waals surface area (Å²) in [5.74, 6) is 1.38. The summed E-state index contributed by atoms with van der Waals surface area (Å²) in [6, 6.07) is 6.39. The first-order chi connectivity index (χ1) is 10.3. The number of carbonyl (C=O) groups excluding carboxylic acids is 1. The predicted molar refractivity (Wildman–Crippen MR) is 83.5 cm³/mol. The molecule has 1 saturated carbocycles. The van der Waals surface area contributed by atoms with Crippen molar-refractivity contribution >= 4 is 5.91 Å². The van der Waals surface area contributed by atoms with Crippen LogP contribution in [-0.4, -0.2) is 19.1 Å². The molecule has 1 N–H and O–H groups in total. The number of fused-ring (bicyclic) bond motifs is 1. The molecule has 1 aromatic carbocycles. The van der Waals surface area contributed by atoms with Gasteiger partial charge in [0.2, 0.25) is 5.91 Å². The maximum atomic E-state index is 12.0. The van der Waals surface area contributed by atoms with Crippen LogP contribution in [0.4, 0.5) is 0 Å². The van der Waals surface area contributed by atoms with E-state index in [1.165, 1.54) is 49.7 Å². The molecule has 2 aliphatic rings. The van der Waals surface area contributed by atoms with Crippen molar-refractivity contribution in [3.8, 4) is 5.75 Å². The van der Waals surface area contributed by atoms with E-state index < -0.39 is 0 Å². The van der Waals surface area contributed by atoms with Gasteiger partial charge in [0.1, 0.15) is 12.4 Å². The average Bonchev–Trinajstić information content (AvgIpc) is 3.00. The summed E-state index contributed by atoms with van der Waals surface area (Å²) in [6.45, 7) is 1.16. The molecule has 2 aliphatic carbocycles. The third-order valence-corrected chi connectivity index (χ3v) is 4.72. The minimum absolute atomic E-state index is 0.215. The summed E-state index contributed by atoms with van der Waals surface area (Å²) >= 11 is 0. The fraction of sp³-hybridized carbons (Fsp3) is 0.611.